The summed E-state index contributed by atoms with van der Waals surface area (Å²) >= 11 is 0. The van der Waals surface area contributed by atoms with Crippen LogP contribution < -0.4 is 0 Å². The highest BCUT2D eigenvalue weighted by Gasteiger charge is 2.07. The highest BCUT2D eigenvalue weighted by molar-refractivity contribution is 5.18. The van der Waals surface area contributed by atoms with Crippen molar-refractivity contribution >= 4 is 0 Å². The molecule has 2 heteroatoms. The van der Waals surface area contributed by atoms with Crippen LogP contribution in [0.1, 0.15) is 0 Å². The maximum absolute atomic E-state index is 8.80. The van der Waals surface area contributed by atoms with Crippen LogP contribution in [-0.4, -0.2) is 18.0 Å². The van der Waals surface area contributed by atoms with Crippen LogP contribution >= 0.6 is 0 Å². The van der Waals surface area contributed by atoms with Crippen molar-refractivity contribution in [2.75, 3.05) is 6.61 Å². The number of aliphatic hydroxyl groups excluding tert-OH is 1. The van der Waals surface area contributed by atoms with Crippen LogP contribution in [0.5, 0.6) is 0 Å². The zero-order chi connectivity index (χ0) is 5.98. The van der Waals surface area contributed by atoms with Gasteiger partial charge in [0.1, 0.15) is 0 Å². The molecule has 0 aromatic heterocycles. The van der Waals surface area contributed by atoms with Gasteiger partial charge in [-0.15, -0.1) is 0 Å². The number of hydrogen-bond donors (Lipinski definition) is 1. The van der Waals surface area contributed by atoms with E-state index in [4.69, 9.17) is 9.84 Å². The van der Waals surface area contributed by atoms with E-state index in [1.165, 1.54) is 0 Å². The van der Waals surface area contributed by atoms with Crippen molar-refractivity contribution in [3.8, 4) is 0 Å². The monoisotopic (exact) mass is 112 g/mol. The molecule has 1 atom stereocenters. The number of aliphatic hydroxyl groups is 1. The van der Waals surface area contributed by atoms with Crippen LogP contribution in [0.3, 0.4) is 0 Å². The second-order valence-electron chi connectivity index (χ2n) is 1.66. The van der Waals surface area contributed by atoms with E-state index in [9.17, 15) is 0 Å². The normalized spacial score (nSPS) is 28.6. The molecule has 0 aromatic rings. The van der Waals surface area contributed by atoms with Gasteiger partial charge in [0.05, 0.1) is 6.61 Å². The van der Waals surface area contributed by atoms with Gasteiger partial charge in [-0.25, -0.2) is 0 Å². The number of ether oxygens (including phenoxy) is 1. The van der Waals surface area contributed by atoms with Crippen LogP contribution in [0.25, 0.3) is 0 Å². The van der Waals surface area contributed by atoms with Crippen molar-refractivity contribution in [3.63, 3.8) is 0 Å². The van der Waals surface area contributed by atoms with Crippen LogP contribution in [0, 0.1) is 0 Å². The van der Waals surface area contributed by atoms with Gasteiger partial charge in [0.15, 0.2) is 6.29 Å². The fourth-order valence-corrected chi connectivity index (χ4v) is 0.536. The topological polar surface area (TPSA) is 29.5 Å². The molecule has 0 amide bonds. The zero-order valence-electron chi connectivity index (χ0n) is 4.50. The summed E-state index contributed by atoms with van der Waals surface area (Å²) < 4.78 is 4.76. The molecule has 0 aliphatic carbocycles. The molecule has 0 bridgehead atoms. The first-order chi connectivity index (χ1) is 3.80. The summed E-state index contributed by atoms with van der Waals surface area (Å²) in [4.78, 5) is 0. The summed E-state index contributed by atoms with van der Waals surface area (Å²) in [5, 5.41) is 8.80. The Morgan fingerprint density at radius 2 is 2.62 bits per heavy atom. The number of hydrogen-bond acceptors (Lipinski definition) is 2. The average Bonchev–Trinajstić information content (AvgIpc) is 1.77. The largest absolute Gasteiger partial charge is 0.364 e. The van der Waals surface area contributed by atoms with Gasteiger partial charge < -0.3 is 9.84 Å². The van der Waals surface area contributed by atoms with Crippen LogP contribution in [0.2, 0.25) is 0 Å². The van der Waals surface area contributed by atoms with E-state index in [2.05, 4.69) is 6.58 Å². The van der Waals surface area contributed by atoms with E-state index in [-0.39, 0.29) is 0 Å². The van der Waals surface area contributed by atoms with Gasteiger partial charge in [0.25, 0.3) is 0 Å². The van der Waals surface area contributed by atoms with Gasteiger partial charge in [0.2, 0.25) is 0 Å². The quantitative estimate of drug-likeness (QED) is 0.493. The number of rotatable bonds is 0. The van der Waals surface area contributed by atoms with Crippen LogP contribution in [0.15, 0.2) is 24.3 Å². The Hall–Kier alpha value is -0.600. The second kappa shape index (κ2) is 2.11. The Morgan fingerprint density at radius 1 is 1.88 bits per heavy atom. The van der Waals surface area contributed by atoms with E-state index in [0.29, 0.717) is 12.2 Å². The van der Waals surface area contributed by atoms with E-state index >= 15 is 0 Å². The molecule has 0 saturated heterocycles. The third kappa shape index (κ3) is 0.967. The molecule has 0 fully saturated rings. The third-order valence-corrected chi connectivity index (χ3v) is 0.999. The SMILES string of the molecule is C=C1C=CCOC1O. The predicted molar refractivity (Wildman–Crippen MR) is 30.2 cm³/mol. The zero-order valence-corrected chi connectivity index (χ0v) is 4.50. The molecule has 1 N–H and O–H groups in total. The smallest absolute Gasteiger partial charge is 0.180 e. The first-order valence-electron chi connectivity index (χ1n) is 2.46. The summed E-state index contributed by atoms with van der Waals surface area (Å²) in [6.07, 6.45) is 2.79. The van der Waals surface area contributed by atoms with Crippen LogP contribution in [-0.2, 0) is 4.74 Å². The van der Waals surface area contributed by atoms with Gasteiger partial charge in [-0.05, 0) is 0 Å². The van der Waals surface area contributed by atoms with Crippen molar-refractivity contribution in [2.45, 2.75) is 6.29 Å². The third-order valence-electron chi connectivity index (χ3n) is 0.999. The Balaban J connectivity index is 2.60. The van der Waals surface area contributed by atoms with Gasteiger partial charge in [-0.1, -0.05) is 18.7 Å². The standard InChI is InChI=1S/C6H8O2/c1-5-3-2-4-8-6(5)7/h2-3,6-7H,1,4H2. The predicted octanol–water partition coefficient (Wildman–Crippen LogP) is 0.447. The van der Waals surface area contributed by atoms with Gasteiger partial charge in [-0.2, -0.15) is 0 Å². The minimum absolute atomic E-state index is 0.486. The Labute approximate surface area is 48.1 Å². The molecule has 0 aromatic carbocycles. The highest BCUT2D eigenvalue weighted by atomic mass is 16.6. The average molecular weight is 112 g/mol. The molecule has 44 valence electrons. The van der Waals surface area contributed by atoms with Crippen molar-refractivity contribution in [1.82, 2.24) is 0 Å². The lowest BCUT2D eigenvalue weighted by Crippen LogP contribution is -2.16. The minimum Gasteiger partial charge on any atom is -0.364 e. The summed E-state index contributed by atoms with van der Waals surface area (Å²) in [5.74, 6) is 0. The van der Waals surface area contributed by atoms with Crippen molar-refractivity contribution in [2.24, 2.45) is 0 Å². The molecule has 1 heterocycles. The van der Waals surface area contributed by atoms with E-state index < -0.39 is 6.29 Å². The molecule has 8 heavy (non-hydrogen) atoms. The van der Waals surface area contributed by atoms with Crippen molar-refractivity contribution in [3.05, 3.63) is 24.3 Å². The van der Waals surface area contributed by atoms with E-state index in [1.54, 1.807) is 6.08 Å². The van der Waals surface area contributed by atoms with E-state index in [1.807, 2.05) is 6.08 Å². The molecular formula is C6H8O2. The van der Waals surface area contributed by atoms with Gasteiger partial charge in [-0.3, -0.25) is 0 Å². The molecule has 2 nitrogen and oxygen atoms in total. The summed E-state index contributed by atoms with van der Waals surface area (Å²) in [6, 6.07) is 0. The molecule has 0 spiro atoms. The molecule has 1 aliphatic heterocycles. The van der Waals surface area contributed by atoms with E-state index in [0.717, 1.165) is 0 Å². The lowest BCUT2D eigenvalue weighted by atomic mass is 10.2. The molecule has 0 radical (unpaired) electrons. The minimum atomic E-state index is -0.778. The van der Waals surface area contributed by atoms with Crippen molar-refractivity contribution < 1.29 is 9.84 Å². The fourth-order valence-electron chi connectivity index (χ4n) is 0.536. The van der Waals surface area contributed by atoms with Crippen LogP contribution in [0.4, 0.5) is 0 Å². The van der Waals surface area contributed by atoms with Crippen molar-refractivity contribution in [1.29, 1.82) is 0 Å². The maximum Gasteiger partial charge on any atom is 0.180 e. The lowest BCUT2D eigenvalue weighted by Gasteiger charge is -2.13. The molecule has 1 rings (SSSR count). The first-order valence-corrected chi connectivity index (χ1v) is 2.46. The summed E-state index contributed by atoms with van der Waals surface area (Å²) in [5.41, 5.74) is 0.622. The Bertz CT molecular complexity index is 126. The Kier molecular flexibility index (Phi) is 1.46. The molecular weight excluding hydrogens is 104 g/mol. The van der Waals surface area contributed by atoms with Gasteiger partial charge in [0, 0.05) is 5.57 Å². The summed E-state index contributed by atoms with van der Waals surface area (Å²) in [7, 11) is 0. The second-order valence-corrected chi connectivity index (χ2v) is 1.66. The lowest BCUT2D eigenvalue weighted by molar-refractivity contribution is -0.0623. The first kappa shape index (κ1) is 5.54. The fraction of sp³-hybridized carbons (Fsp3) is 0.333. The highest BCUT2D eigenvalue weighted by Crippen LogP contribution is 2.07. The Morgan fingerprint density at radius 3 is 3.00 bits per heavy atom. The molecule has 1 aliphatic rings. The van der Waals surface area contributed by atoms with Gasteiger partial charge >= 0.3 is 0 Å². The maximum atomic E-state index is 8.80. The summed E-state index contributed by atoms with van der Waals surface area (Å²) in [6.45, 7) is 4.02. The molecule has 0 saturated carbocycles. The molecule has 1 unspecified atom stereocenters.